The third-order valence-electron chi connectivity index (χ3n) is 5.64. The average molecular weight is 394 g/mol. The molecule has 0 saturated carbocycles. The second-order valence-corrected chi connectivity index (χ2v) is 7.21. The summed E-state index contributed by atoms with van der Waals surface area (Å²) < 4.78 is 31.1. The van der Waals surface area contributed by atoms with Crippen LogP contribution >= 0.6 is 0 Å². The van der Waals surface area contributed by atoms with Gasteiger partial charge in [-0.3, -0.25) is 14.9 Å². The Labute approximate surface area is 164 Å². The number of imide groups is 1. The number of hydrogen-bond donors (Lipinski definition) is 1. The van der Waals surface area contributed by atoms with E-state index >= 15 is 4.39 Å². The Kier molecular flexibility index (Phi) is 6.51. The zero-order chi connectivity index (χ0) is 20.3. The first-order chi connectivity index (χ1) is 13.5. The van der Waals surface area contributed by atoms with E-state index in [2.05, 4.69) is 10.2 Å². The molecule has 1 aromatic carbocycles. The number of nitrogens with zero attached hydrogens (tertiary/aromatic N) is 1. The van der Waals surface area contributed by atoms with Gasteiger partial charge in [0, 0.05) is 57.0 Å². The molecule has 2 saturated heterocycles. The van der Waals surface area contributed by atoms with Crippen molar-refractivity contribution in [1.29, 1.82) is 0 Å². The molecule has 0 spiro atoms. The number of anilines is 1. The van der Waals surface area contributed by atoms with Gasteiger partial charge in [0.2, 0.25) is 11.8 Å². The molecule has 3 rings (SSSR count). The second kappa shape index (κ2) is 8.87. The molecule has 2 aliphatic rings. The zero-order valence-electron chi connectivity index (χ0n) is 16.5. The van der Waals surface area contributed by atoms with Crippen LogP contribution in [0, 0.1) is 11.7 Å². The SMILES string of the molecule is COc1cc(N2CCC(C(OC)OC)CC2)cc(F)c1C1CCC(=O)NC1=O. The van der Waals surface area contributed by atoms with E-state index in [4.69, 9.17) is 14.2 Å². The van der Waals surface area contributed by atoms with Crippen LogP contribution in [0.15, 0.2) is 12.1 Å². The molecular formula is C20H27FN2O5. The molecule has 0 bridgehead atoms. The van der Waals surface area contributed by atoms with Gasteiger partial charge in [0.05, 0.1) is 13.0 Å². The first-order valence-corrected chi connectivity index (χ1v) is 9.50. The fourth-order valence-electron chi connectivity index (χ4n) is 4.15. The summed E-state index contributed by atoms with van der Waals surface area (Å²) in [5.41, 5.74) is 0.931. The zero-order valence-corrected chi connectivity index (χ0v) is 16.5. The molecule has 2 amide bonds. The highest BCUT2D eigenvalue weighted by Crippen LogP contribution is 2.38. The van der Waals surface area contributed by atoms with Crippen LogP contribution in [0.1, 0.15) is 37.2 Å². The van der Waals surface area contributed by atoms with E-state index in [0.29, 0.717) is 11.7 Å². The maximum atomic E-state index is 15.0. The number of ether oxygens (including phenoxy) is 3. The number of nitrogens with one attached hydrogen (secondary N) is 1. The first kappa shape index (κ1) is 20.5. The smallest absolute Gasteiger partial charge is 0.234 e. The minimum Gasteiger partial charge on any atom is -0.496 e. The molecule has 1 aromatic rings. The lowest BCUT2D eigenvalue weighted by molar-refractivity contribution is -0.141. The molecule has 1 unspecified atom stereocenters. The summed E-state index contributed by atoms with van der Waals surface area (Å²) in [5.74, 6) is -1.40. The molecule has 0 aliphatic carbocycles. The second-order valence-electron chi connectivity index (χ2n) is 7.21. The van der Waals surface area contributed by atoms with Crippen LogP contribution in [0.2, 0.25) is 0 Å². The number of methoxy groups -OCH3 is 3. The van der Waals surface area contributed by atoms with Crippen LogP contribution in [0.25, 0.3) is 0 Å². The summed E-state index contributed by atoms with van der Waals surface area (Å²) in [6.07, 6.45) is 1.96. The summed E-state index contributed by atoms with van der Waals surface area (Å²) in [6.45, 7) is 1.49. The Balaban J connectivity index is 1.79. The van der Waals surface area contributed by atoms with Crippen molar-refractivity contribution in [2.75, 3.05) is 39.3 Å². The normalized spacial score (nSPS) is 21.2. The molecule has 0 aromatic heterocycles. The predicted molar refractivity (Wildman–Crippen MR) is 101 cm³/mol. The number of hydrogen-bond acceptors (Lipinski definition) is 6. The Morgan fingerprint density at radius 2 is 1.79 bits per heavy atom. The predicted octanol–water partition coefficient (Wildman–Crippen LogP) is 2.19. The molecule has 154 valence electrons. The third-order valence-corrected chi connectivity index (χ3v) is 5.64. The molecule has 7 nitrogen and oxygen atoms in total. The Bertz CT molecular complexity index is 730. The first-order valence-electron chi connectivity index (χ1n) is 9.50. The fraction of sp³-hybridized carbons (Fsp3) is 0.600. The maximum absolute atomic E-state index is 15.0. The molecule has 2 heterocycles. The van der Waals surface area contributed by atoms with E-state index in [1.165, 1.54) is 13.2 Å². The molecular weight excluding hydrogens is 367 g/mol. The van der Waals surface area contributed by atoms with Gasteiger partial charge in [-0.25, -0.2) is 4.39 Å². The number of rotatable bonds is 6. The van der Waals surface area contributed by atoms with Crippen LogP contribution in [0.3, 0.4) is 0 Å². The minimum absolute atomic E-state index is 0.189. The monoisotopic (exact) mass is 394 g/mol. The molecule has 0 radical (unpaired) electrons. The maximum Gasteiger partial charge on any atom is 0.234 e. The standard InChI is InChI=1S/C20H27FN2O5/c1-26-16-11-13(23-8-6-12(7-9-23)20(27-2)28-3)10-15(21)18(16)14-4-5-17(24)22-19(14)25/h10-12,14,20H,4-9H2,1-3H3,(H,22,24,25). The van der Waals surface area contributed by atoms with Gasteiger partial charge in [0.25, 0.3) is 0 Å². The quantitative estimate of drug-likeness (QED) is 0.589. The molecule has 2 aliphatic heterocycles. The van der Waals surface area contributed by atoms with Gasteiger partial charge >= 0.3 is 0 Å². The van der Waals surface area contributed by atoms with Crippen molar-refractivity contribution in [2.24, 2.45) is 5.92 Å². The van der Waals surface area contributed by atoms with Crippen molar-refractivity contribution >= 4 is 17.5 Å². The van der Waals surface area contributed by atoms with E-state index in [1.54, 1.807) is 20.3 Å². The number of piperidine rings is 2. The lowest BCUT2D eigenvalue weighted by Gasteiger charge is -2.36. The van der Waals surface area contributed by atoms with Gasteiger partial charge in [-0.15, -0.1) is 0 Å². The van der Waals surface area contributed by atoms with Gasteiger partial charge in [-0.2, -0.15) is 0 Å². The van der Waals surface area contributed by atoms with Crippen LogP contribution in [-0.4, -0.2) is 52.5 Å². The van der Waals surface area contributed by atoms with Crippen molar-refractivity contribution in [1.82, 2.24) is 5.32 Å². The number of carbonyl (C=O) groups excluding carboxylic acids is 2. The Morgan fingerprint density at radius 1 is 1.11 bits per heavy atom. The Morgan fingerprint density at radius 3 is 2.36 bits per heavy atom. The van der Waals surface area contributed by atoms with Gasteiger partial charge in [-0.1, -0.05) is 0 Å². The molecule has 8 heteroatoms. The number of amides is 2. The van der Waals surface area contributed by atoms with Crippen molar-refractivity contribution in [3.63, 3.8) is 0 Å². The molecule has 1 atom stereocenters. The van der Waals surface area contributed by atoms with Crippen LogP contribution in [0.4, 0.5) is 10.1 Å². The highest BCUT2D eigenvalue weighted by atomic mass is 19.1. The van der Waals surface area contributed by atoms with Crippen molar-refractivity contribution in [3.8, 4) is 5.75 Å². The van der Waals surface area contributed by atoms with Gasteiger partial charge in [0.15, 0.2) is 6.29 Å². The van der Waals surface area contributed by atoms with Crippen LogP contribution in [0.5, 0.6) is 5.75 Å². The summed E-state index contributed by atoms with van der Waals surface area (Å²) in [5, 5.41) is 2.28. The van der Waals surface area contributed by atoms with E-state index in [-0.39, 0.29) is 30.6 Å². The summed E-state index contributed by atoms with van der Waals surface area (Å²) in [6, 6.07) is 3.22. The summed E-state index contributed by atoms with van der Waals surface area (Å²) in [7, 11) is 4.73. The van der Waals surface area contributed by atoms with E-state index in [9.17, 15) is 9.59 Å². The lowest BCUT2D eigenvalue weighted by Crippen LogP contribution is -2.40. The summed E-state index contributed by atoms with van der Waals surface area (Å²) in [4.78, 5) is 25.7. The Hall–Kier alpha value is -2.19. The van der Waals surface area contributed by atoms with Crippen LogP contribution in [-0.2, 0) is 19.1 Å². The van der Waals surface area contributed by atoms with E-state index in [0.717, 1.165) is 31.6 Å². The molecule has 2 fully saturated rings. The average Bonchev–Trinajstić information content (AvgIpc) is 2.69. The molecule has 1 N–H and O–H groups in total. The highest BCUT2D eigenvalue weighted by Gasteiger charge is 2.34. The largest absolute Gasteiger partial charge is 0.496 e. The molecule has 28 heavy (non-hydrogen) atoms. The van der Waals surface area contributed by atoms with Gasteiger partial charge in [0.1, 0.15) is 11.6 Å². The van der Waals surface area contributed by atoms with E-state index in [1.807, 2.05) is 0 Å². The van der Waals surface area contributed by atoms with Crippen molar-refractivity contribution < 1.29 is 28.2 Å². The number of carbonyl (C=O) groups is 2. The van der Waals surface area contributed by atoms with Gasteiger partial charge < -0.3 is 19.1 Å². The topological polar surface area (TPSA) is 77.1 Å². The minimum atomic E-state index is -0.725. The summed E-state index contributed by atoms with van der Waals surface area (Å²) >= 11 is 0. The van der Waals surface area contributed by atoms with Crippen LogP contribution < -0.4 is 15.0 Å². The van der Waals surface area contributed by atoms with E-state index < -0.39 is 17.6 Å². The van der Waals surface area contributed by atoms with Crippen molar-refractivity contribution in [3.05, 3.63) is 23.5 Å². The lowest BCUT2D eigenvalue weighted by atomic mass is 9.89. The van der Waals surface area contributed by atoms with Gasteiger partial charge in [-0.05, 0) is 25.3 Å². The number of halogens is 1. The fourth-order valence-corrected chi connectivity index (χ4v) is 4.15. The van der Waals surface area contributed by atoms with Crippen molar-refractivity contribution in [2.45, 2.75) is 37.9 Å². The third kappa shape index (κ3) is 4.12. The number of benzene rings is 1. The highest BCUT2D eigenvalue weighted by molar-refractivity contribution is 6.01.